The van der Waals surface area contributed by atoms with Gasteiger partial charge in [-0.15, -0.1) is 11.8 Å². The molecule has 1 aromatic carbocycles. The van der Waals surface area contributed by atoms with E-state index in [4.69, 9.17) is 0 Å². The van der Waals surface area contributed by atoms with E-state index in [1.54, 1.807) is 0 Å². The van der Waals surface area contributed by atoms with Gasteiger partial charge in [0.25, 0.3) is 0 Å². The Morgan fingerprint density at radius 3 is 2.94 bits per heavy atom. The molecule has 3 rings (SSSR count). The highest BCUT2D eigenvalue weighted by atomic mass is 32.2. The van der Waals surface area contributed by atoms with Crippen LogP contribution in [0.4, 0.5) is 0 Å². The van der Waals surface area contributed by atoms with E-state index >= 15 is 0 Å². The van der Waals surface area contributed by atoms with Crippen LogP contribution >= 0.6 is 11.8 Å². The predicted molar refractivity (Wildman–Crippen MR) is 72.4 cm³/mol. The molecule has 3 heteroatoms. The molecule has 0 radical (unpaired) electrons. The van der Waals surface area contributed by atoms with Gasteiger partial charge in [0.15, 0.2) is 0 Å². The SMILES string of the molecule is Cc1cc(-c2ccc3c(c2)CCCS3)n(C)n1. The Balaban J connectivity index is 2.06. The van der Waals surface area contributed by atoms with Gasteiger partial charge < -0.3 is 0 Å². The van der Waals surface area contributed by atoms with E-state index in [1.807, 2.05) is 30.4 Å². The third kappa shape index (κ3) is 2.00. The maximum atomic E-state index is 4.41. The summed E-state index contributed by atoms with van der Waals surface area (Å²) in [5, 5.41) is 4.41. The molecular weight excluding hydrogens is 228 g/mol. The Hall–Kier alpha value is -1.22. The van der Waals surface area contributed by atoms with Crippen molar-refractivity contribution in [1.82, 2.24) is 9.78 Å². The molecule has 1 aliphatic heterocycles. The lowest BCUT2D eigenvalue weighted by Crippen LogP contribution is -1.99. The van der Waals surface area contributed by atoms with E-state index in [9.17, 15) is 0 Å². The minimum atomic E-state index is 1.08. The molecule has 0 fully saturated rings. The van der Waals surface area contributed by atoms with Crippen molar-refractivity contribution in [3.63, 3.8) is 0 Å². The van der Waals surface area contributed by atoms with Crippen LogP contribution in [0.15, 0.2) is 29.2 Å². The minimum absolute atomic E-state index is 1.08. The summed E-state index contributed by atoms with van der Waals surface area (Å²) >= 11 is 1.98. The first-order valence-electron chi connectivity index (χ1n) is 6.01. The number of thioether (sulfide) groups is 1. The van der Waals surface area contributed by atoms with Crippen LogP contribution in [0.25, 0.3) is 11.3 Å². The van der Waals surface area contributed by atoms with Crippen molar-refractivity contribution in [2.24, 2.45) is 7.05 Å². The van der Waals surface area contributed by atoms with Crippen LogP contribution in [0.5, 0.6) is 0 Å². The second kappa shape index (κ2) is 4.22. The average molecular weight is 244 g/mol. The first kappa shape index (κ1) is 10.9. The van der Waals surface area contributed by atoms with Gasteiger partial charge in [-0.1, -0.05) is 6.07 Å². The normalized spacial score (nSPS) is 14.7. The number of hydrogen-bond donors (Lipinski definition) is 0. The molecular formula is C14H16N2S. The van der Waals surface area contributed by atoms with Gasteiger partial charge >= 0.3 is 0 Å². The molecule has 0 saturated carbocycles. The van der Waals surface area contributed by atoms with Crippen LogP contribution in [-0.2, 0) is 13.5 Å². The molecule has 2 aromatic rings. The van der Waals surface area contributed by atoms with E-state index < -0.39 is 0 Å². The standard InChI is InChI=1S/C14H16N2S/c1-10-8-13(16(2)15-10)11-5-6-14-12(9-11)4-3-7-17-14/h5-6,8-9H,3-4,7H2,1-2H3. The Bertz CT molecular complexity index is 557. The molecule has 1 aromatic heterocycles. The molecule has 1 aliphatic rings. The van der Waals surface area contributed by atoms with E-state index in [0.29, 0.717) is 0 Å². The monoisotopic (exact) mass is 244 g/mol. The van der Waals surface area contributed by atoms with E-state index in [1.165, 1.54) is 40.3 Å². The highest BCUT2D eigenvalue weighted by molar-refractivity contribution is 7.99. The van der Waals surface area contributed by atoms with Gasteiger partial charge in [-0.25, -0.2) is 0 Å². The number of rotatable bonds is 1. The van der Waals surface area contributed by atoms with Crippen molar-refractivity contribution >= 4 is 11.8 Å². The van der Waals surface area contributed by atoms with Crippen LogP contribution in [0.3, 0.4) is 0 Å². The molecule has 0 N–H and O–H groups in total. The van der Waals surface area contributed by atoms with Crippen molar-refractivity contribution in [2.45, 2.75) is 24.7 Å². The average Bonchev–Trinajstić information content (AvgIpc) is 2.68. The zero-order valence-electron chi connectivity index (χ0n) is 10.2. The largest absolute Gasteiger partial charge is 0.268 e. The van der Waals surface area contributed by atoms with Gasteiger partial charge in [0.2, 0.25) is 0 Å². The maximum Gasteiger partial charge on any atom is 0.0681 e. The molecule has 0 aliphatic carbocycles. The topological polar surface area (TPSA) is 17.8 Å². The Morgan fingerprint density at radius 1 is 1.29 bits per heavy atom. The Morgan fingerprint density at radius 2 is 2.18 bits per heavy atom. The summed E-state index contributed by atoms with van der Waals surface area (Å²) in [6.45, 7) is 2.04. The zero-order valence-corrected chi connectivity index (χ0v) is 11.0. The molecule has 88 valence electrons. The highest BCUT2D eigenvalue weighted by Gasteiger charge is 2.12. The summed E-state index contributed by atoms with van der Waals surface area (Å²) < 4.78 is 1.97. The summed E-state index contributed by atoms with van der Waals surface area (Å²) in [5.74, 6) is 1.26. The summed E-state index contributed by atoms with van der Waals surface area (Å²) in [6.07, 6.45) is 2.51. The first-order chi connectivity index (χ1) is 8.24. The number of benzene rings is 1. The lowest BCUT2D eigenvalue weighted by molar-refractivity contribution is 0.763. The molecule has 0 amide bonds. The summed E-state index contributed by atoms with van der Waals surface area (Å²) in [6, 6.07) is 8.96. The van der Waals surface area contributed by atoms with Gasteiger partial charge in [0, 0.05) is 17.5 Å². The smallest absolute Gasteiger partial charge is 0.0681 e. The van der Waals surface area contributed by atoms with E-state index in [2.05, 4.69) is 29.4 Å². The van der Waals surface area contributed by atoms with E-state index in [0.717, 1.165) is 5.69 Å². The van der Waals surface area contributed by atoms with E-state index in [-0.39, 0.29) is 0 Å². The van der Waals surface area contributed by atoms with Crippen LogP contribution in [0, 0.1) is 6.92 Å². The third-order valence-corrected chi connectivity index (χ3v) is 4.41. The van der Waals surface area contributed by atoms with Crippen LogP contribution in [0.1, 0.15) is 17.7 Å². The summed E-state index contributed by atoms with van der Waals surface area (Å²) in [7, 11) is 2.01. The van der Waals surface area contributed by atoms with Gasteiger partial charge in [-0.2, -0.15) is 5.10 Å². The molecule has 0 saturated heterocycles. The van der Waals surface area contributed by atoms with Crippen LogP contribution < -0.4 is 0 Å². The van der Waals surface area contributed by atoms with Crippen molar-refractivity contribution in [3.8, 4) is 11.3 Å². The molecule has 0 atom stereocenters. The van der Waals surface area contributed by atoms with Crippen LogP contribution in [-0.4, -0.2) is 15.5 Å². The number of aryl methyl sites for hydroxylation is 3. The number of aromatic nitrogens is 2. The van der Waals surface area contributed by atoms with Crippen molar-refractivity contribution in [2.75, 3.05) is 5.75 Å². The fourth-order valence-corrected chi connectivity index (χ4v) is 3.42. The number of nitrogens with zero attached hydrogens (tertiary/aromatic N) is 2. The van der Waals surface area contributed by atoms with Gasteiger partial charge in [-0.05, 0) is 49.3 Å². The van der Waals surface area contributed by atoms with Crippen LogP contribution in [0.2, 0.25) is 0 Å². The summed E-state index contributed by atoms with van der Waals surface area (Å²) in [4.78, 5) is 1.46. The van der Waals surface area contributed by atoms with Gasteiger partial charge in [-0.3, -0.25) is 4.68 Å². The number of hydrogen-bond acceptors (Lipinski definition) is 2. The third-order valence-electron chi connectivity index (χ3n) is 3.21. The minimum Gasteiger partial charge on any atom is -0.268 e. The van der Waals surface area contributed by atoms with Crippen molar-refractivity contribution < 1.29 is 0 Å². The first-order valence-corrected chi connectivity index (χ1v) is 6.99. The molecule has 0 spiro atoms. The highest BCUT2D eigenvalue weighted by Crippen LogP contribution is 2.33. The fraction of sp³-hybridized carbons (Fsp3) is 0.357. The molecule has 2 nitrogen and oxygen atoms in total. The lowest BCUT2D eigenvalue weighted by atomic mass is 10.0. The zero-order chi connectivity index (χ0) is 11.8. The summed E-state index contributed by atoms with van der Waals surface area (Å²) in [5.41, 5.74) is 5.07. The molecule has 0 unspecified atom stereocenters. The molecule has 17 heavy (non-hydrogen) atoms. The van der Waals surface area contributed by atoms with Crippen molar-refractivity contribution in [3.05, 3.63) is 35.5 Å². The fourth-order valence-electron chi connectivity index (χ4n) is 2.40. The second-order valence-corrected chi connectivity index (χ2v) is 5.71. The lowest BCUT2D eigenvalue weighted by Gasteiger charge is -2.16. The molecule has 2 heterocycles. The Labute approximate surface area is 106 Å². The Kier molecular flexibility index (Phi) is 2.71. The predicted octanol–water partition coefficient (Wildman–Crippen LogP) is 3.43. The second-order valence-electron chi connectivity index (χ2n) is 4.57. The van der Waals surface area contributed by atoms with Gasteiger partial charge in [0.1, 0.15) is 0 Å². The maximum absolute atomic E-state index is 4.41. The van der Waals surface area contributed by atoms with Crippen molar-refractivity contribution in [1.29, 1.82) is 0 Å². The van der Waals surface area contributed by atoms with Gasteiger partial charge in [0.05, 0.1) is 11.4 Å². The quantitative estimate of drug-likeness (QED) is 0.765. The molecule has 0 bridgehead atoms. The number of fused-ring (bicyclic) bond motifs is 1.